The Morgan fingerprint density at radius 1 is 1.09 bits per heavy atom. The fraction of sp³-hybridized carbons (Fsp3) is 0.240. The van der Waals surface area contributed by atoms with Crippen LogP contribution in [0, 0.1) is 6.92 Å². The molecule has 0 spiro atoms. The number of ether oxygens (including phenoxy) is 2. The summed E-state index contributed by atoms with van der Waals surface area (Å²) in [4.78, 5) is 24.4. The normalized spacial score (nSPS) is 10.8. The quantitative estimate of drug-likeness (QED) is 0.372. The molecule has 1 amide bonds. The number of carbonyl (C=O) groups excluding carboxylic acids is 1. The Hall–Kier alpha value is -3.45. The first-order valence-corrected chi connectivity index (χ1v) is 11.3. The van der Waals surface area contributed by atoms with Crippen molar-refractivity contribution in [3.63, 3.8) is 0 Å². The van der Waals surface area contributed by atoms with E-state index >= 15 is 0 Å². The van der Waals surface area contributed by atoms with Crippen LogP contribution in [0.1, 0.15) is 23.7 Å². The van der Waals surface area contributed by atoms with Gasteiger partial charge in [0, 0.05) is 6.20 Å². The summed E-state index contributed by atoms with van der Waals surface area (Å²) in [5, 5.41) is 0.632. The molecule has 0 radical (unpaired) electrons. The molecule has 32 heavy (non-hydrogen) atoms. The number of amides is 1. The predicted octanol–water partition coefficient (Wildman–Crippen LogP) is 5.18. The average Bonchev–Trinajstić information content (AvgIpc) is 3.23. The summed E-state index contributed by atoms with van der Waals surface area (Å²) < 4.78 is 12.1. The molecule has 2 aromatic heterocycles. The molecule has 2 heterocycles. The number of rotatable bonds is 8. The number of benzene rings is 2. The van der Waals surface area contributed by atoms with Crippen LogP contribution in [-0.4, -0.2) is 29.6 Å². The highest BCUT2D eigenvalue weighted by molar-refractivity contribution is 7.22. The predicted molar refractivity (Wildman–Crippen MR) is 128 cm³/mol. The second-order valence-electron chi connectivity index (χ2n) is 7.31. The SMILES string of the molecule is CCOc1cccc2sc(N(Cc3ccccn3)C(=O)Cc3ccc(OC)c(C)c3)nc12. The van der Waals surface area contributed by atoms with Gasteiger partial charge in [-0.25, -0.2) is 4.98 Å². The van der Waals surface area contributed by atoms with E-state index < -0.39 is 0 Å². The van der Waals surface area contributed by atoms with Crippen molar-refractivity contribution in [1.29, 1.82) is 0 Å². The highest BCUT2D eigenvalue weighted by Crippen LogP contribution is 2.35. The number of aryl methyl sites for hydroxylation is 1. The van der Waals surface area contributed by atoms with Crippen LogP contribution in [0.25, 0.3) is 10.2 Å². The molecule has 4 aromatic rings. The van der Waals surface area contributed by atoms with E-state index in [9.17, 15) is 4.79 Å². The number of nitrogens with zero attached hydrogens (tertiary/aromatic N) is 3. The van der Waals surface area contributed by atoms with Gasteiger partial charge in [-0.2, -0.15) is 0 Å². The van der Waals surface area contributed by atoms with E-state index in [4.69, 9.17) is 14.5 Å². The van der Waals surface area contributed by atoms with E-state index in [2.05, 4.69) is 4.98 Å². The Labute approximate surface area is 191 Å². The van der Waals surface area contributed by atoms with Crippen LogP contribution in [0.3, 0.4) is 0 Å². The third kappa shape index (κ3) is 4.73. The smallest absolute Gasteiger partial charge is 0.233 e. The maximum atomic E-state index is 13.5. The molecule has 0 aliphatic heterocycles. The van der Waals surface area contributed by atoms with Gasteiger partial charge in [0.15, 0.2) is 5.13 Å². The van der Waals surface area contributed by atoms with Crippen molar-refractivity contribution in [1.82, 2.24) is 9.97 Å². The summed E-state index contributed by atoms with van der Waals surface area (Å²) in [6, 6.07) is 17.3. The second kappa shape index (κ2) is 9.78. The van der Waals surface area contributed by atoms with E-state index in [1.807, 2.05) is 68.4 Å². The number of thiazole rings is 1. The Bertz CT molecular complexity index is 1220. The van der Waals surface area contributed by atoms with Crippen molar-refractivity contribution >= 4 is 32.6 Å². The van der Waals surface area contributed by atoms with Crippen LogP contribution in [0.15, 0.2) is 60.8 Å². The van der Waals surface area contributed by atoms with Crippen LogP contribution in [-0.2, 0) is 17.8 Å². The Balaban J connectivity index is 1.68. The summed E-state index contributed by atoms with van der Waals surface area (Å²) in [6.45, 7) is 4.82. The van der Waals surface area contributed by atoms with Gasteiger partial charge in [-0.3, -0.25) is 14.7 Å². The van der Waals surface area contributed by atoms with Crippen LogP contribution in [0.4, 0.5) is 5.13 Å². The molecule has 0 aliphatic carbocycles. The summed E-state index contributed by atoms with van der Waals surface area (Å²) in [6.07, 6.45) is 1.99. The fourth-order valence-corrected chi connectivity index (χ4v) is 4.54. The Morgan fingerprint density at radius 2 is 1.97 bits per heavy atom. The molecular weight excluding hydrogens is 422 g/mol. The van der Waals surface area contributed by atoms with E-state index in [1.165, 1.54) is 11.3 Å². The molecule has 0 saturated heterocycles. The number of para-hydroxylation sites is 1. The summed E-state index contributed by atoms with van der Waals surface area (Å²) in [7, 11) is 1.64. The zero-order valence-corrected chi connectivity index (χ0v) is 19.2. The Morgan fingerprint density at radius 3 is 2.69 bits per heavy atom. The molecule has 0 unspecified atom stereocenters. The highest BCUT2D eigenvalue weighted by atomic mass is 32.1. The number of hydrogen-bond acceptors (Lipinski definition) is 6. The molecule has 0 saturated carbocycles. The van der Waals surface area contributed by atoms with Gasteiger partial charge < -0.3 is 9.47 Å². The highest BCUT2D eigenvalue weighted by Gasteiger charge is 2.22. The number of anilines is 1. The van der Waals surface area contributed by atoms with Gasteiger partial charge in [0.05, 0.1) is 37.1 Å². The lowest BCUT2D eigenvalue weighted by Gasteiger charge is -2.20. The third-order valence-electron chi connectivity index (χ3n) is 5.06. The van der Waals surface area contributed by atoms with Crippen molar-refractivity contribution in [2.24, 2.45) is 0 Å². The van der Waals surface area contributed by atoms with Gasteiger partial charge in [-0.15, -0.1) is 0 Å². The average molecular weight is 448 g/mol. The zero-order chi connectivity index (χ0) is 22.5. The summed E-state index contributed by atoms with van der Waals surface area (Å²) in [5.41, 5.74) is 3.50. The van der Waals surface area contributed by atoms with Crippen LogP contribution < -0.4 is 14.4 Å². The Kier molecular flexibility index (Phi) is 6.66. The monoisotopic (exact) mass is 447 g/mol. The van der Waals surface area contributed by atoms with Gasteiger partial charge in [-0.1, -0.05) is 35.6 Å². The van der Waals surface area contributed by atoms with Crippen molar-refractivity contribution in [2.45, 2.75) is 26.8 Å². The third-order valence-corrected chi connectivity index (χ3v) is 6.11. The minimum Gasteiger partial charge on any atom is -0.496 e. The second-order valence-corrected chi connectivity index (χ2v) is 8.32. The van der Waals surface area contributed by atoms with Gasteiger partial charge in [0.2, 0.25) is 5.91 Å². The molecule has 2 aromatic carbocycles. The minimum absolute atomic E-state index is 0.0442. The fourth-order valence-electron chi connectivity index (χ4n) is 3.54. The largest absolute Gasteiger partial charge is 0.496 e. The minimum atomic E-state index is -0.0442. The maximum Gasteiger partial charge on any atom is 0.233 e. The van der Waals surface area contributed by atoms with Gasteiger partial charge in [-0.05, 0) is 55.3 Å². The van der Waals surface area contributed by atoms with Gasteiger partial charge in [0.1, 0.15) is 17.0 Å². The van der Waals surface area contributed by atoms with E-state index in [1.54, 1.807) is 18.2 Å². The van der Waals surface area contributed by atoms with Crippen LogP contribution in [0.5, 0.6) is 11.5 Å². The maximum absolute atomic E-state index is 13.5. The number of aromatic nitrogens is 2. The molecule has 0 bridgehead atoms. The molecule has 0 fully saturated rings. The van der Waals surface area contributed by atoms with Crippen molar-refractivity contribution in [3.8, 4) is 11.5 Å². The number of methoxy groups -OCH3 is 1. The lowest BCUT2D eigenvalue weighted by Crippen LogP contribution is -2.32. The van der Waals surface area contributed by atoms with E-state index in [0.29, 0.717) is 18.3 Å². The number of carbonyl (C=O) groups is 1. The molecule has 0 N–H and O–H groups in total. The van der Waals surface area contributed by atoms with Gasteiger partial charge >= 0.3 is 0 Å². The van der Waals surface area contributed by atoms with Gasteiger partial charge in [0.25, 0.3) is 0 Å². The molecule has 4 rings (SSSR count). The number of hydrogen-bond donors (Lipinski definition) is 0. The lowest BCUT2D eigenvalue weighted by molar-refractivity contribution is -0.118. The standard InChI is InChI=1S/C25H25N3O3S/c1-4-31-21-9-7-10-22-24(21)27-25(32-22)28(16-19-8-5-6-13-26-19)23(29)15-18-11-12-20(30-3)17(2)14-18/h5-14H,4,15-16H2,1-3H3. The first-order valence-electron chi connectivity index (χ1n) is 10.4. The van der Waals surface area contributed by atoms with Crippen LogP contribution >= 0.6 is 11.3 Å². The molecular formula is C25H25N3O3S. The first kappa shape index (κ1) is 21.8. The van der Waals surface area contributed by atoms with E-state index in [0.717, 1.165) is 38.5 Å². The molecule has 164 valence electrons. The van der Waals surface area contributed by atoms with Crippen LogP contribution in [0.2, 0.25) is 0 Å². The van der Waals surface area contributed by atoms with Crippen molar-refractivity contribution in [2.75, 3.05) is 18.6 Å². The van der Waals surface area contributed by atoms with Crippen molar-refractivity contribution < 1.29 is 14.3 Å². The first-order chi connectivity index (χ1) is 15.6. The zero-order valence-electron chi connectivity index (χ0n) is 18.4. The topological polar surface area (TPSA) is 64.5 Å². The lowest BCUT2D eigenvalue weighted by atomic mass is 10.1. The molecule has 0 aliphatic rings. The number of pyridine rings is 1. The molecule has 6 nitrogen and oxygen atoms in total. The summed E-state index contributed by atoms with van der Waals surface area (Å²) in [5.74, 6) is 1.49. The van der Waals surface area contributed by atoms with Crippen molar-refractivity contribution in [3.05, 3.63) is 77.6 Å². The molecule has 7 heteroatoms. The summed E-state index contributed by atoms with van der Waals surface area (Å²) >= 11 is 1.48. The van der Waals surface area contributed by atoms with E-state index in [-0.39, 0.29) is 12.3 Å². The molecule has 0 atom stereocenters. The number of fused-ring (bicyclic) bond motifs is 1.